The van der Waals surface area contributed by atoms with Gasteiger partial charge in [0.25, 0.3) is 0 Å². The molecule has 0 aliphatic carbocycles. The molecule has 0 spiro atoms. The number of para-hydroxylation sites is 1. The first-order chi connectivity index (χ1) is 11.6. The maximum absolute atomic E-state index is 10.1. The molecule has 0 saturated carbocycles. The quantitative estimate of drug-likeness (QED) is 0.563. The van der Waals surface area contributed by atoms with Crippen LogP contribution in [0.4, 0.5) is 0 Å². The number of rotatable bonds is 4. The number of hydrogen-bond donors (Lipinski definition) is 2. The number of nitrogens with zero attached hydrogens (tertiary/aromatic N) is 3. The Morgan fingerprint density at radius 1 is 1.29 bits per heavy atom. The molecule has 6 nitrogen and oxygen atoms in total. The third-order valence-electron chi connectivity index (χ3n) is 3.49. The molecule has 3 rings (SSSR count). The number of phenolic OH excluding ortho intramolecular Hbond substituents is 1. The van der Waals surface area contributed by atoms with Gasteiger partial charge < -0.3 is 9.84 Å². The number of benzene rings is 2. The lowest BCUT2D eigenvalue weighted by atomic mass is 10.1. The molecule has 7 heteroatoms. The Balaban J connectivity index is 2.03. The lowest BCUT2D eigenvalue weighted by Gasteiger charge is -2.05. The molecule has 2 aromatic carbocycles. The van der Waals surface area contributed by atoms with Crippen molar-refractivity contribution in [1.29, 1.82) is 0 Å². The normalized spacial score (nSPS) is 11.1. The molecule has 0 radical (unpaired) electrons. The molecular formula is C17H16N4O2S. The van der Waals surface area contributed by atoms with Crippen molar-refractivity contribution in [3.63, 3.8) is 0 Å². The Morgan fingerprint density at radius 2 is 2.08 bits per heavy atom. The summed E-state index contributed by atoms with van der Waals surface area (Å²) in [6, 6.07) is 13.1. The van der Waals surface area contributed by atoms with Gasteiger partial charge in [0.15, 0.2) is 17.3 Å². The van der Waals surface area contributed by atoms with Gasteiger partial charge in [0, 0.05) is 11.1 Å². The topological polar surface area (TPSA) is 75.4 Å². The Kier molecular flexibility index (Phi) is 4.43. The summed E-state index contributed by atoms with van der Waals surface area (Å²) in [5.41, 5.74) is 2.53. The Hall–Kier alpha value is -2.93. The molecule has 1 aromatic heterocycles. The zero-order valence-electron chi connectivity index (χ0n) is 13.2. The highest BCUT2D eigenvalue weighted by molar-refractivity contribution is 7.71. The van der Waals surface area contributed by atoms with E-state index in [1.165, 1.54) is 18.0 Å². The zero-order valence-corrected chi connectivity index (χ0v) is 14.0. The molecule has 0 bridgehead atoms. The smallest absolute Gasteiger partial charge is 0.216 e. The second-order valence-electron chi connectivity index (χ2n) is 5.18. The van der Waals surface area contributed by atoms with Crippen molar-refractivity contribution in [2.75, 3.05) is 7.11 Å². The molecule has 0 amide bonds. The van der Waals surface area contributed by atoms with Crippen molar-refractivity contribution < 1.29 is 9.84 Å². The molecule has 0 fully saturated rings. The van der Waals surface area contributed by atoms with Gasteiger partial charge in [-0.2, -0.15) is 14.9 Å². The second-order valence-corrected chi connectivity index (χ2v) is 5.56. The van der Waals surface area contributed by atoms with Crippen molar-refractivity contribution in [3.05, 3.63) is 58.4 Å². The van der Waals surface area contributed by atoms with Gasteiger partial charge in [-0.15, -0.1) is 0 Å². The molecule has 3 aromatic rings. The van der Waals surface area contributed by atoms with Crippen molar-refractivity contribution in [2.45, 2.75) is 6.92 Å². The SMILES string of the molecule is COc1cccc(/C=N\n2c(-c3cccc(C)c3)n[nH]c2=S)c1O. The Labute approximate surface area is 144 Å². The van der Waals surface area contributed by atoms with Crippen molar-refractivity contribution in [1.82, 2.24) is 14.9 Å². The predicted molar refractivity (Wildman–Crippen MR) is 95.2 cm³/mol. The first kappa shape index (κ1) is 15.9. The minimum absolute atomic E-state index is 0.0240. The summed E-state index contributed by atoms with van der Waals surface area (Å²) in [6.07, 6.45) is 1.52. The lowest BCUT2D eigenvalue weighted by molar-refractivity contribution is 0.373. The van der Waals surface area contributed by atoms with E-state index in [1.54, 1.807) is 18.2 Å². The van der Waals surface area contributed by atoms with Crippen LogP contribution < -0.4 is 4.74 Å². The molecule has 0 saturated heterocycles. The van der Waals surface area contributed by atoms with Gasteiger partial charge in [-0.3, -0.25) is 0 Å². The number of aromatic hydroxyl groups is 1. The van der Waals surface area contributed by atoms with Gasteiger partial charge in [-0.05, 0) is 37.3 Å². The van der Waals surface area contributed by atoms with E-state index in [-0.39, 0.29) is 5.75 Å². The fraction of sp³-hybridized carbons (Fsp3) is 0.118. The zero-order chi connectivity index (χ0) is 17.1. The van der Waals surface area contributed by atoms with E-state index in [4.69, 9.17) is 17.0 Å². The number of aryl methyl sites for hydroxylation is 1. The minimum Gasteiger partial charge on any atom is -0.504 e. The van der Waals surface area contributed by atoms with Crippen molar-refractivity contribution in [3.8, 4) is 22.9 Å². The predicted octanol–water partition coefficient (Wildman–Crippen LogP) is 3.51. The summed E-state index contributed by atoms with van der Waals surface area (Å²) in [4.78, 5) is 0. The molecule has 0 aliphatic heterocycles. The van der Waals surface area contributed by atoms with Gasteiger partial charge in [0.2, 0.25) is 4.77 Å². The van der Waals surface area contributed by atoms with E-state index in [2.05, 4.69) is 15.3 Å². The van der Waals surface area contributed by atoms with Crippen LogP contribution >= 0.6 is 12.2 Å². The molecule has 0 atom stereocenters. The number of phenols is 1. The molecule has 24 heavy (non-hydrogen) atoms. The minimum atomic E-state index is 0.0240. The third kappa shape index (κ3) is 3.07. The van der Waals surface area contributed by atoms with Crippen LogP contribution in [0.1, 0.15) is 11.1 Å². The lowest BCUT2D eigenvalue weighted by Crippen LogP contribution is -1.96. The van der Waals surface area contributed by atoms with Crippen LogP contribution in [0.3, 0.4) is 0 Å². The van der Waals surface area contributed by atoms with Crippen LogP contribution in [-0.2, 0) is 0 Å². The largest absolute Gasteiger partial charge is 0.504 e. The number of H-pyrrole nitrogens is 1. The number of aromatic nitrogens is 3. The second kappa shape index (κ2) is 6.67. The van der Waals surface area contributed by atoms with Crippen LogP contribution in [0.2, 0.25) is 0 Å². The Bertz CT molecular complexity index is 959. The van der Waals surface area contributed by atoms with E-state index >= 15 is 0 Å². The van der Waals surface area contributed by atoms with Gasteiger partial charge in [0.1, 0.15) is 0 Å². The maximum Gasteiger partial charge on any atom is 0.216 e. The van der Waals surface area contributed by atoms with Crippen molar-refractivity contribution >= 4 is 18.4 Å². The van der Waals surface area contributed by atoms with Crippen LogP contribution in [0.25, 0.3) is 11.4 Å². The number of nitrogens with one attached hydrogen (secondary N) is 1. The van der Waals surface area contributed by atoms with Crippen molar-refractivity contribution in [2.24, 2.45) is 5.10 Å². The highest BCUT2D eigenvalue weighted by atomic mass is 32.1. The van der Waals surface area contributed by atoms with Gasteiger partial charge in [0.05, 0.1) is 13.3 Å². The number of aromatic amines is 1. The average molecular weight is 340 g/mol. The number of ether oxygens (including phenoxy) is 1. The van der Waals surface area contributed by atoms with Gasteiger partial charge >= 0.3 is 0 Å². The number of methoxy groups -OCH3 is 1. The van der Waals surface area contributed by atoms with Gasteiger partial charge in [-0.25, -0.2) is 5.10 Å². The first-order valence-electron chi connectivity index (χ1n) is 7.25. The fourth-order valence-electron chi connectivity index (χ4n) is 2.30. The molecule has 0 unspecified atom stereocenters. The van der Waals surface area contributed by atoms with Crippen LogP contribution in [0.5, 0.6) is 11.5 Å². The van der Waals surface area contributed by atoms with Crippen LogP contribution in [-0.4, -0.2) is 33.3 Å². The molecule has 122 valence electrons. The van der Waals surface area contributed by atoms with Crippen LogP contribution in [0.15, 0.2) is 47.6 Å². The fourth-order valence-corrected chi connectivity index (χ4v) is 2.48. The molecule has 0 aliphatic rings. The highest BCUT2D eigenvalue weighted by Crippen LogP contribution is 2.28. The monoisotopic (exact) mass is 340 g/mol. The summed E-state index contributed by atoms with van der Waals surface area (Å²) in [5, 5.41) is 21.5. The Morgan fingerprint density at radius 3 is 2.83 bits per heavy atom. The summed E-state index contributed by atoms with van der Waals surface area (Å²) in [5.74, 6) is 1.01. The van der Waals surface area contributed by atoms with E-state index in [0.29, 0.717) is 21.9 Å². The van der Waals surface area contributed by atoms with E-state index in [0.717, 1.165) is 11.1 Å². The van der Waals surface area contributed by atoms with E-state index in [1.807, 2.05) is 31.2 Å². The highest BCUT2D eigenvalue weighted by Gasteiger charge is 2.09. The summed E-state index contributed by atoms with van der Waals surface area (Å²) in [7, 11) is 1.50. The molecule has 2 N–H and O–H groups in total. The summed E-state index contributed by atoms with van der Waals surface area (Å²) >= 11 is 5.25. The summed E-state index contributed by atoms with van der Waals surface area (Å²) < 4.78 is 6.98. The molecule has 1 heterocycles. The molecular weight excluding hydrogens is 324 g/mol. The maximum atomic E-state index is 10.1. The number of hydrogen-bond acceptors (Lipinski definition) is 5. The standard InChI is InChI=1S/C17H16N4O2S/c1-11-5-3-6-12(9-11)16-19-20-17(24)21(16)18-10-13-7-4-8-14(23-2)15(13)22/h3-10,22H,1-2H3,(H,20,24)/b18-10-. The van der Waals surface area contributed by atoms with E-state index < -0.39 is 0 Å². The average Bonchev–Trinajstić information content (AvgIpc) is 2.95. The first-order valence-corrected chi connectivity index (χ1v) is 7.66. The van der Waals surface area contributed by atoms with E-state index in [9.17, 15) is 5.11 Å². The van der Waals surface area contributed by atoms with Gasteiger partial charge in [-0.1, -0.05) is 29.8 Å². The summed E-state index contributed by atoms with van der Waals surface area (Å²) in [6.45, 7) is 2.01. The third-order valence-corrected chi connectivity index (χ3v) is 3.75. The van der Waals surface area contributed by atoms with Crippen LogP contribution in [0, 0.1) is 11.7 Å².